The molecule has 92 valence electrons. The molecule has 16 heavy (non-hydrogen) atoms. The number of nitrogens with zero attached hydrogens (tertiary/aromatic N) is 1. The molecular formula is C12H21NO3. The van der Waals surface area contributed by atoms with Crippen molar-refractivity contribution in [1.82, 2.24) is 5.06 Å². The van der Waals surface area contributed by atoms with Crippen molar-refractivity contribution in [2.24, 2.45) is 5.92 Å². The Hall–Kier alpha value is -0.900. The zero-order valence-electron chi connectivity index (χ0n) is 10.1. The van der Waals surface area contributed by atoms with E-state index in [1.807, 2.05) is 6.92 Å². The van der Waals surface area contributed by atoms with Crippen LogP contribution in [0, 0.1) is 5.92 Å². The molecule has 4 heteroatoms. The first-order valence-corrected chi connectivity index (χ1v) is 6.01. The van der Waals surface area contributed by atoms with E-state index in [0.717, 1.165) is 32.0 Å². The molecule has 0 aromatic carbocycles. The summed E-state index contributed by atoms with van der Waals surface area (Å²) in [6.45, 7) is 1.83. The Kier molecular flexibility index (Phi) is 5.46. The lowest BCUT2D eigenvalue weighted by atomic mass is 9.88. The smallest absolute Gasteiger partial charge is 0.249 e. The summed E-state index contributed by atoms with van der Waals surface area (Å²) in [5, 5.41) is 1.37. The maximum Gasteiger partial charge on any atom is 0.249 e. The molecule has 1 aliphatic carbocycles. The second-order valence-corrected chi connectivity index (χ2v) is 4.43. The van der Waals surface area contributed by atoms with Crippen LogP contribution in [0.5, 0.6) is 0 Å². The first kappa shape index (κ1) is 13.2. The van der Waals surface area contributed by atoms with Crippen LogP contribution in [0.3, 0.4) is 0 Å². The number of carbonyl (C=O) groups is 2. The number of hydrogen-bond donors (Lipinski definition) is 0. The van der Waals surface area contributed by atoms with Gasteiger partial charge in [0.15, 0.2) is 0 Å². The summed E-state index contributed by atoms with van der Waals surface area (Å²) >= 11 is 0. The number of rotatable bonds is 5. The van der Waals surface area contributed by atoms with Gasteiger partial charge in [0.05, 0.1) is 13.2 Å². The summed E-state index contributed by atoms with van der Waals surface area (Å²) in [5.74, 6) is 0.124. The molecule has 0 spiro atoms. The average molecular weight is 227 g/mol. The Morgan fingerprint density at radius 1 is 1.44 bits per heavy atom. The van der Waals surface area contributed by atoms with E-state index in [4.69, 9.17) is 4.84 Å². The molecule has 0 N–H and O–H groups in total. The molecule has 1 unspecified atom stereocenters. The summed E-state index contributed by atoms with van der Waals surface area (Å²) in [4.78, 5) is 27.7. The maximum atomic E-state index is 12.1. The van der Waals surface area contributed by atoms with Crippen LogP contribution < -0.4 is 0 Å². The highest BCUT2D eigenvalue weighted by molar-refractivity contribution is 5.78. The number of hydroxylamine groups is 2. The first-order valence-electron chi connectivity index (χ1n) is 6.01. The van der Waals surface area contributed by atoms with E-state index < -0.39 is 0 Å². The minimum Gasteiger partial charge on any atom is -0.303 e. The lowest BCUT2D eigenvalue weighted by Gasteiger charge is -2.30. The van der Waals surface area contributed by atoms with Crippen LogP contribution in [0.4, 0.5) is 0 Å². The third-order valence-electron chi connectivity index (χ3n) is 3.21. The molecule has 0 radical (unpaired) electrons. The van der Waals surface area contributed by atoms with Crippen LogP contribution in [-0.2, 0) is 14.4 Å². The highest BCUT2D eigenvalue weighted by Gasteiger charge is 2.28. The quantitative estimate of drug-likeness (QED) is 0.532. The van der Waals surface area contributed by atoms with E-state index in [1.165, 1.54) is 18.6 Å². The predicted octanol–water partition coefficient (Wildman–Crippen LogP) is 1.93. The summed E-state index contributed by atoms with van der Waals surface area (Å²) in [6, 6.07) is -0.170. The monoisotopic (exact) mass is 227 g/mol. The summed E-state index contributed by atoms with van der Waals surface area (Å²) in [5.41, 5.74) is 0. The molecule has 1 atom stereocenters. The Morgan fingerprint density at radius 2 is 2.06 bits per heavy atom. The third-order valence-corrected chi connectivity index (χ3v) is 3.21. The molecule has 0 heterocycles. The molecule has 0 aliphatic heterocycles. The molecule has 0 aromatic heterocycles. The van der Waals surface area contributed by atoms with Crippen LogP contribution in [0.15, 0.2) is 0 Å². The minimum atomic E-state index is -0.170. The van der Waals surface area contributed by atoms with Gasteiger partial charge in [-0.15, -0.1) is 0 Å². The Labute approximate surface area is 96.9 Å². The molecular weight excluding hydrogens is 206 g/mol. The molecule has 4 nitrogen and oxygen atoms in total. The normalized spacial score (nSPS) is 19.1. The van der Waals surface area contributed by atoms with Crippen LogP contribution >= 0.6 is 0 Å². The van der Waals surface area contributed by atoms with Crippen molar-refractivity contribution in [2.45, 2.75) is 51.5 Å². The van der Waals surface area contributed by atoms with Crippen molar-refractivity contribution < 1.29 is 14.4 Å². The molecule has 0 aromatic rings. The molecule has 1 rings (SSSR count). The van der Waals surface area contributed by atoms with Crippen molar-refractivity contribution in [3.63, 3.8) is 0 Å². The number of amides is 1. The molecule has 0 bridgehead atoms. The Bertz CT molecular complexity index is 236. The fourth-order valence-electron chi connectivity index (χ4n) is 2.25. The second kappa shape index (κ2) is 6.63. The van der Waals surface area contributed by atoms with Crippen LogP contribution in [-0.4, -0.2) is 30.4 Å². The van der Waals surface area contributed by atoms with Crippen molar-refractivity contribution >= 4 is 12.2 Å². The third kappa shape index (κ3) is 3.30. The van der Waals surface area contributed by atoms with Gasteiger partial charge in [0, 0.05) is 12.3 Å². The van der Waals surface area contributed by atoms with Gasteiger partial charge in [-0.05, 0) is 19.8 Å². The number of carbonyl (C=O) groups excluding carboxylic acids is 2. The molecule has 1 amide bonds. The molecule has 1 fully saturated rings. The number of aldehydes is 1. The Balaban J connectivity index is 2.56. The van der Waals surface area contributed by atoms with Gasteiger partial charge in [0.1, 0.15) is 6.29 Å². The molecule has 0 saturated heterocycles. The Morgan fingerprint density at radius 3 is 2.56 bits per heavy atom. The van der Waals surface area contributed by atoms with Gasteiger partial charge >= 0.3 is 0 Å². The highest BCUT2D eigenvalue weighted by Crippen LogP contribution is 2.26. The second-order valence-electron chi connectivity index (χ2n) is 4.43. The van der Waals surface area contributed by atoms with E-state index in [1.54, 1.807) is 0 Å². The van der Waals surface area contributed by atoms with Gasteiger partial charge in [-0.25, -0.2) is 5.06 Å². The van der Waals surface area contributed by atoms with E-state index in [-0.39, 0.29) is 17.9 Å². The zero-order chi connectivity index (χ0) is 12.0. The van der Waals surface area contributed by atoms with Crippen LogP contribution in [0.1, 0.15) is 45.4 Å². The minimum absolute atomic E-state index is 0.0385. The van der Waals surface area contributed by atoms with E-state index >= 15 is 0 Å². The highest BCUT2D eigenvalue weighted by atomic mass is 16.7. The largest absolute Gasteiger partial charge is 0.303 e. The fraction of sp³-hybridized carbons (Fsp3) is 0.833. The molecule has 1 aliphatic rings. The standard InChI is InChI=1S/C12H21NO3/c1-10(8-9-14)13(16-2)12(15)11-6-4-3-5-7-11/h9-11H,3-8H2,1-2H3. The van der Waals surface area contributed by atoms with Gasteiger partial charge in [-0.3, -0.25) is 9.63 Å². The van der Waals surface area contributed by atoms with Crippen LogP contribution in [0.2, 0.25) is 0 Å². The lowest BCUT2D eigenvalue weighted by Crippen LogP contribution is -2.42. The van der Waals surface area contributed by atoms with Crippen molar-refractivity contribution in [1.29, 1.82) is 0 Å². The van der Waals surface area contributed by atoms with Gasteiger partial charge in [0.2, 0.25) is 5.91 Å². The molecule has 1 saturated carbocycles. The first-order chi connectivity index (χ1) is 7.70. The predicted molar refractivity (Wildman–Crippen MR) is 60.6 cm³/mol. The van der Waals surface area contributed by atoms with E-state index in [0.29, 0.717) is 6.42 Å². The van der Waals surface area contributed by atoms with Crippen molar-refractivity contribution in [3.8, 4) is 0 Å². The van der Waals surface area contributed by atoms with Gasteiger partial charge in [-0.1, -0.05) is 19.3 Å². The van der Waals surface area contributed by atoms with Gasteiger partial charge in [0.25, 0.3) is 0 Å². The van der Waals surface area contributed by atoms with E-state index in [2.05, 4.69) is 0 Å². The van der Waals surface area contributed by atoms with Crippen molar-refractivity contribution in [3.05, 3.63) is 0 Å². The van der Waals surface area contributed by atoms with Gasteiger partial charge < -0.3 is 4.79 Å². The van der Waals surface area contributed by atoms with Crippen LogP contribution in [0.25, 0.3) is 0 Å². The van der Waals surface area contributed by atoms with Crippen molar-refractivity contribution in [2.75, 3.05) is 7.11 Å². The maximum absolute atomic E-state index is 12.1. The van der Waals surface area contributed by atoms with E-state index in [9.17, 15) is 9.59 Å². The zero-order valence-corrected chi connectivity index (χ0v) is 10.1. The van der Waals surface area contributed by atoms with Gasteiger partial charge in [-0.2, -0.15) is 0 Å². The number of hydrogen-bond acceptors (Lipinski definition) is 3. The lowest BCUT2D eigenvalue weighted by molar-refractivity contribution is -0.192. The topological polar surface area (TPSA) is 46.6 Å². The fourth-order valence-corrected chi connectivity index (χ4v) is 2.25. The summed E-state index contributed by atoms with van der Waals surface area (Å²) in [6.07, 6.45) is 6.52. The SMILES string of the molecule is CON(C(=O)C1CCCCC1)C(C)CC=O. The summed E-state index contributed by atoms with van der Waals surface area (Å²) in [7, 11) is 1.49. The average Bonchev–Trinajstić information content (AvgIpc) is 2.31. The summed E-state index contributed by atoms with van der Waals surface area (Å²) < 4.78 is 0.